The molecule has 0 atom stereocenters. The van der Waals surface area contributed by atoms with Gasteiger partial charge in [-0.15, -0.1) is 0 Å². The summed E-state index contributed by atoms with van der Waals surface area (Å²) in [6.45, 7) is 16.4. The summed E-state index contributed by atoms with van der Waals surface area (Å²) in [5, 5.41) is 2.98. The number of carbonyl (C=O) groups is 1. The highest BCUT2D eigenvalue weighted by Gasteiger charge is 2.30. The Balaban J connectivity index is 3.19. The largest absolute Gasteiger partial charge is 0.491 e. The lowest BCUT2D eigenvalue weighted by Gasteiger charge is -2.30. The summed E-state index contributed by atoms with van der Waals surface area (Å²) in [6.07, 6.45) is 0.559. The fourth-order valence-electron chi connectivity index (χ4n) is 3.01. The third kappa shape index (κ3) is 5.04. The summed E-state index contributed by atoms with van der Waals surface area (Å²) < 4.78 is 6.02. The second-order valence-corrected chi connectivity index (χ2v) is 7.40. The molecule has 1 N–H and O–H groups in total. The van der Waals surface area contributed by atoms with Gasteiger partial charge in [-0.25, -0.2) is 0 Å². The molecular weight excluding hydrogens is 274 g/mol. The van der Waals surface area contributed by atoms with E-state index < -0.39 is 0 Å². The molecule has 1 amide bonds. The van der Waals surface area contributed by atoms with Gasteiger partial charge in [0.05, 0.1) is 6.10 Å². The summed E-state index contributed by atoms with van der Waals surface area (Å²) in [7, 11) is 0. The fourth-order valence-corrected chi connectivity index (χ4v) is 3.01. The van der Waals surface area contributed by atoms with E-state index in [-0.39, 0.29) is 23.5 Å². The first-order valence-electron chi connectivity index (χ1n) is 8.10. The molecule has 1 aromatic carbocycles. The summed E-state index contributed by atoms with van der Waals surface area (Å²) in [6, 6.07) is 4.39. The minimum atomic E-state index is -0.277. The van der Waals surface area contributed by atoms with Gasteiger partial charge in [0.2, 0.25) is 5.91 Å². The standard InChI is InChI=1S/C19H31NO2/c1-12(2)20-17(21)11-19(7,8)18-15(6)9-14(5)10-16(18)22-13(3)4/h9-10,12-13H,11H2,1-8H3,(H,20,21). The van der Waals surface area contributed by atoms with Crippen LogP contribution in [0.1, 0.15) is 64.7 Å². The first kappa shape index (κ1) is 18.5. The van der Waals surface area contributed by atoms with E-state index in [0.29, 0.717) is 6.42 Å². The van der Waals surface area contributed by atoms with Crippen molar-refractivity contribution in [2.45, 2.75) is 79.4 Å². The van der Waals surface area contributed by atoms with Crippen LogP contribution in [0.4, 0.5) is 0 Å². The molecule has 0 radical (unpaired) electrons. The molecule has 0 aliphatic carbocycles. The lowest BCUT2D eigenvalue weighted by molar-refractivity contribution is -0.122. The van der Waals surface area contributed by atoms with E-state index in [1.165, 1.54) is 11.1 Å². The van der Waals surface area contributed by atoms with Gasteiger partial charge in [-0.1, -0.05) is 19.9 Å². The van der Waals surface area contributed by atoms with Crippen molar-refractivity contribution in [3.63, 3.8) is 0 Å². The van der Waals surface area contributed by atoms with Crippen LogP contribution in [-0.2, 0) is 10.2 Å². The number of benzene rings is 1. The number of aryl methyl sites for hydroxylation is 2. The van der Waals surface area contributed by atoms with Crippen molar-refractivity contribution in [1.82, 2.24) is 5.32 Å². The molecule has 3 nitrogen and oxygen atoms in total. The van der Waals surface area contributed by atoms with E-state index in [0.717, 1.165) is 11.3 Å². The number of carbonyl (C=O) groups excluding carboxylic acids is 1. The van der Waals surface area contributed by atoms with Crippen LogP contribution < -0.4 is 10.1 Å². The van der Waals surface area contributed by atoms with Gasteiger partial charge < -0.3 is 10.1 Å². The minimum Gasteiger partial charge on any atom is -0.491 e. The van der Waals surface area contributed by atoms with Crippen molar-refractivity contribution < 1.29 is 9.53 Å². The van der Waals surface area contributed by atoms with Crippen LogP contribution >= 0.6 is 0 Å². The number of hydrogen-bond donors (Lipinski definition) is 1. The fraction of sp³-hybridized carbons (Fsp3) is 0.632. The predicted molar refractivity (Wildman–Crippen MR) is 92.6 cm³/mol. The molecule has 0 saturated carbocycles. The van der Waals surface area contributed by atoms with Crippen LogP contribution in [0, 0.1) is 13.8 Å². The normalized spacial score (nSPS) is 11.9. The molecule has 0 aliphatic rings. The molecule has 0 aliphatic heterocycles. The third-order valence-electron chi connectivity index (χ3n) is 3.54. The van der Waals surface area contributed by atoms with E-state index in [1.54, 1.807) is 0 Å². The highest BCUT2D eigenvalue weighted by atomic mass is 16.5. The zero-order chi connectivity index (χ0) is 17.1. The lowest BCUT2D eigenvalue weighted by Crippen LogP contribution is -2.35. The molecule has 1 rings (SSSR count). The average Bonchev–Trinajstić information content (AvgIpc) is 2.22. The third-order valence-corrected chi connectivity index (χ3v) is 3.54. The number of rotatable bonds is 6. The van der Waals surface area contributed by atoms with E-state index in [2.05, 4.69) is 45.1 Å². The molecule has 0 unspecified atom stereocenters. The molecule has 0 saturated heterocycles. The van der Waals surface area contributed by atoms with Gasteiger partial charge in [0, 0.05) is 23.4 Å². The van der Waals surface area contributed by atoms with Crippen molar-refractivity contribution >= 4 is 5.91 Å². The zero-order valence-electron chi connectivity index (χ0n) is 15.3. The molecular formula is C19H31NO2. The van der Waals surface area contributed by atoms with Crippen LogP contribution in [-0.4, -0.2) is 18.1 Å². The van der Waals surface area contributed by atoms with Gasteiger partial charge in [-0.05, 0) is 58.7 Å². The van der Waals surface area contributed by atoms with Crippen molar-refractivity contribution in [1.29, 1.82) is 0 Å². The minimum absolute atomic E-state index is 0.0791. The van der Waals surface area contributed by atoms with Gasteiger partial charge in [-0.2, -0.15) is 0 Å². The summed E-state index contributed by atoms with van der Waals surface area (Å²) in [5.41, 5.74) is 3.21. The van der Waals surface area contributed by atoms with Crippen LogP contribution in [0.3, 0.4) is 0 Å². The lowest BCUT2D eigenvalue weighted by atomic mass is 9.78. The van der Waals surface area contributed by atoms with Crippen LogP contribution in [0.5, 0.6) is 5.75 Å². The Morgan fingerprint density at radius 3 is 2.27 bits per heavy atom. The molecule has 22 heavy (non-hydrogen) atoms. The second-order valence-electron chi connectivity index (χ2n) is 7.40. The molecule has 0 aromatic heterocycles. The van der Waals surface area contributed by atoms with E-state index in [9.17, 15) is 4.79 Å². The highest BCUT2D eigenvalue weighted by molar-refractivity contribution is 5.78. The van der Waals surface area contributed by atoms with E-state index in [1.807, 2.05) is 27.7 Å². The molecule has 1 aromatic rings. The van der Waals surface area contributed by atoms with Gasteiger partial charge >= 0.3 is 0 Å². The summed E-state index contributed by atoms with van der Waals surface area (Å²) in [4.78, 5) is 12.2. The SMILES string of the molecule is Cc1cc(C)c(C(C)(C)CC(=O)NC(C)C)c(OC(C)C)c1. The number of nitrogens with one attached hydrogen (secondary N) is 1. The van der Waals surface area contributed by atoms with Crippen LogP contribution in [0.25, 0.3) is 0 Å². The predicted octanol–water partition coefficient (Wildman–Crippen LogP) is 4.28. The Morgan fingerprint density at radius 2 is 1.77 bits per heavy atom. The summed E-state index contributed by atoms with van der Waals surface area (Å²) >= 11 is 0. The summed E-state index contributed by atoms with van der Waals surface area (Å²) in [5.74, 6) is 0.977. The molecule has 3 heteroatoms. The Bertz CT molecular complexity index is 530. The van der Waals surface area contributed by atoms with Crippen molar-refractivity contribution in [2.75, 3.05) is 0 Å². The maximum Gasteiger partial charge on any atom is 0.221 e. The molecule has 0 bridgehead atoms. The molecule has 0 fully saturated rings. The maximum atomic E-state index is 12.2. The molecule has 0 heterocycles. The first-order valence-corrected chi connectivity index (χ1v) is 8.10. The monoisotopic (exact) mass is 305 g/mol. The topological polar surface area (TPSA) is 38.3 Å². The molecule has 124 valence electrons. The number of ether oxygens (including phenoxy) is 1. The van der Waals surface area contributed by atoms with Crippen LogP contribution in [0.2, 0.25) is 0 Å². The van der Waals surface area contributed by atoms with E-state index in [4.69, 9.17) is 4.74 Å². The molecule has 0 spiro atoms. The second kappa shape index (κ2) is 7.17. The quantitative estimate of drug-likeness (QED) is 0.851. The number of amides is 1. The Kier molecular flexibility index (Phi) is 6.04. The average molecular weight is 305 g/mol. The van der Waals surface area contributed by atoms with E-state index >= 15 is 0 Å². The van der Waals surface area contributed by atoms with Crippen molar-refractivity contribution in [3.8, 4) is 5.75 Å². The zero-order valence-corrected chi connectivity index (χ0v) is 15.3. The maximum absolute atomic E-state index is 12.2. The van der Waals surface area contributed by atoms with Gasteiger partial charge in [0.25, 0.3) is 0 Å². The van der Waals surface area contributed by atoms with Crippen molar-refractivity contribution in [2.24, 2.45) is 0 Å². The first-order chi connectivity index (χ1) is 10.0. The van der Waals surface area contributed by atoms with Crippen LogP contribution in [0.15, 0.2) is 12.1 Å². The van der Waals surface area contributed by atoms with Crippen molar-refractivity contribution in [3.05, 3.63) is 28.8 Å². The smallest absolute Gasteiger partial charge is 0.221 e. The number of hydrogen-bond acceptors (Lipinski definition) is 2. The van der Waals surface area contributed by atoms with Gasteiger partial charge in [-0.3, -0.25) is 4.79 Å². The highest BCUT2D eigenvalue weighted by Crippen LogP contribution is 2.38. The Morgan fingerprint density at radius 1 is 1.18 bits per heavy atom. The Labute approximate surface area is 135 Å². The van der Waals surface area contributed by atoms with Gasteiger partial charge in [0.15, 0.2) is 0 Å². The van der Waals surface area contributed by atoms with Gasteiger partial charge in [0.1, 0.15) is 5.75 Å². The Hall–Kier alpha value is -1.51.